The predicted octanol–water partition coefficient (Wildman–Crippen LogP) is 6.32. The van der Waals surface area contributed by atoms with E-state index in [0.717, 1.165) is 45.3 Å². The van der Waals surface area contributed by atoms with Gasteiger partial charge >= 0.3 is 0 Å². The molecule has 0 bridgehead atoms. The number of rotatable bonds is 9. The number of anilines is 2. The Morgan fingerprint density at radius 3 is 2.11 bits per heavy atom. The van der Waals surface area contributed by atoms with Crippen LogP contribution in [-0.2, 0) is 27.7 Å². The van der Waals surface area contributed by atoms with E-state index in [9.17, 15) is 13.2 Å². The van der Waals surface area contributed by atoms with Crippen molar-refractivity contribution in [3.8, 4) is 5.75 Å². The lowest BCUT2D eigenvalue weighted by Crippen LogP contribution is -2.22. The number of nitrogens with one attached hydrogen (secondary N) is 2. The first kappa shape index (κ1) is 26.8. The Kier molecular flexibility index (Phi) is 8.61. The number of hydrogen-bond donors (Lipinski definition) is 2. The van der Waals surface area contributed by atoms with E-state index in [1.54, 1.807) is 25.1 Å². The highest BCUT2D eigenvalue weighted by atomic mass is 79.9. The molecule has 3 rings (SSSR count). The number of carbonyl (C=O) groups excluding carboxylic acids is 1. The molecule has 0 aliphatic rings. The number of halogens is 1. The fraction of sp³-hybridized carbons (Fsp3) is 0.296. The minimum Gasteiger partial charge on any atom is -0.483 e. The normalized spacial score (nSPS) is 11.3. The van der Waals surface area contributed by atoms with Crippen molar-refractivity contribution in [3.63, 3.8) is 0 Å². The standard InChI is InChI=1S/C27H31BrN2O4S/c1-6-20-14-22(28)15-21(7-2)27(20)29-26(31)16-34-25-11-10-24(13-19(25)5)35(32,33)30-23-9-8-17(3)18(4)12-23/h8-15,30H,6-7,16H2,1-5H3,(H,29,31). The molecule has 0 unspecified atom stereocenters. The summed E-state index contributed by atoms with van der Waals surface area (Å²) in [6.45, 7) is 9.56. The van der Waals surface area contributed by atoms with Gasteiger partial charge < -0.3 is 10.1 Å². The van der Waals surface area contributed by atoms with Crippen molar-refractivity contribution in [1.29, 1.82) is 0 Å². The molecule has 0 aromatic heterocycles. The van der Waals surface area contributed by atoms with E-state index in [0.29, 0.717) is 17.0 Å². The van der Waals surface area contributed by atoms with Gasteiger partial charge in [0.25, 0.3) is 15.9 Å². The fourth-order valence-corrected chi connectivity index (χ4v) is 5.42. The molecule has 0 spiro atoms. The van der Waals surface area contributed by atoms with E-state index in [-0.39, 0.29) is 17.4 Å². The lowest BCUT2D eigenvalue weighted by Gasteiger charge is -2.16. The minimum absolute atomic E-state index is 0.125. The van der Waals surface area contributed by atoms with E-state index in [1.165, 1.54) is 12.1 Å². The van der Waals surface area contributed by atoms with Gasteiger partial charge in [-0.25, -0.2) is 8.42 Å². The maximum atomic E-state index is 12.9. The average Bonchev–Trinajstić information content (AvgIpc) is 2.81. The van der Waals surface area contributed by atoms with Crippen LogP contribution in [0.5, 0.6) is 5.75 Å². The van der Waals surface area contributed by atoms with Gasteiger partial charge in [0.15, 0.2) is 6.61 Å². The highest BCUT2D eigenvalue weighted by Gasteiger charge is 2.17. The van der Waals surface area contributed by atoms with Gasteiger partial charge in [-0.2, -0.15) is 0 Å². The first-order valence-corrected chi connectivity index (χ1v) is 13.8. The van der Waals surface area contributed by atoms with E-state index in [4.69, 9.17) is 4.74 Å². The molecule has 0 aliphatic carbocycles. The predicted molar refractivity (Wildman–Crippen MR) is 145 cm³/mol. The van der Waals surface area contributed by atoms with Gasteiger partial charge in [-0.15, -0.1) is 0 Å². The SMILES string of the molecule is CCc1cc(Br)cc(CC)c1NC(=O)COc1ccc(S(=O)(=O)Nc2ccc(C)c(C)c2)cc1C. The van der Waals surface area contributed by atoms with Crippen LogP contribution in [0.15, 0.2) is 57.9 Å². The number of carbonyl (C=O) groups is 1. The van der Waals surface area contributed by atoms with Gasteiger partial charge in [-0.05, 0) is 104 Å². The molecule has 6 nitrogen and oxygen atoms in total. The van der Waals surface area contributed by atoms with Crippen molar-refractivity contribution in [2.45, 2.75) is 52.4 Å². The highest BCUT2D eigenvalue weighted by Crippen LogP contribution is 2.28. The lowest BCUT2D eigenvalue weighted by molar-refractivity contribution is -0.118. The van der Waals surface area contributed by atoms with E-state index in [1.807, 2.05) is 45.9 Å². The largest absolute Gasteiger partial charge is 0.483 e. The molecule has 35 heavy (non-hydrogen) atoms. The Labute approximate surface area is 216 Å². The first-order chi connectivity index (χ1) is 16.5. The summed E-state index contributed by atoms with van der Waals surface area (Å²) in [6, 6.07) is 14.0. The zero-order valence-electron chi connectivity index (χ0n) is 20.7. The van der Waals surface area contributed by atoms with Gasteiger partial charge in [0, 0.05) is 15.8 Å². The Balaban J connectivity index is 1.69. The fourth-order valence-electron chi connectivity index (χ4n) is 3.73. The van der Waals surface area contributed by atoms with E-state index in [2.05, 4.69) is 26.0 Å². The second-order valence-corrected chi connectivity index (χ2v) is 11.1. The second kappa shape index (κ2) is 11.3. The van der Waals surface area contributed by atoms with Crippen LogP contribution in [0.4, 0.5) is 11.4 Å². The summed E-state index contributed by atoms with van der Waals surface area (Å²) in [6.07, 6.45) is 1.57. The summed E-state index contributed by atoms with van der Waals surface area (Å²) >= 11 is 3.52. The van der Waals surface area contributed by atoms with Gasteiger partial charge in [-0.3, -0.25) is 9.52 Å². The van der Waals surface area contributed by atoms with E-state index < -0.39 is 10.0 Å². The third kappa shape index (κ3) is 6.64. The van der Waals surface area contributed by atoms with Crippen LogP contribution in [0.2, 0.25) is 0 Å². The quantitative estimate of drug-likeness (QED) is 0.322. The Bertz CT molecular complexity index is 1330. The van der Waals surface area contributed by atoms with Gasteiger partial charge in [0.2, 0.25) is 0 Å². The zero-order valence-corrected chi connectivity index (χ0v) is 23.1. The molecule has 0 heterocycles. The van der Waals surface area contributed by atoms with Crippen molar-refractivity contribution in [3.05, 3.63) is 80.8 Å². The molecule has 0 fully saturated rings. The van der Waals surface area contributed by atoms with Crippen LogP contribution >= 0.6 is 15.9 Å². The molecule has 186 valence electrons. The molecular weight excluding hydrogens is 528 g/mol. The van der Waals surface area contributed by atoms with Crippen molar-refractivity contribution in [2.75, 3.05) is 16.6 Å². The van der Waals surface area contributed by atoms with Crippen LogP contribution in [-0.4, -0.2) is 20.9 Å². The maximum Gasteiger partial charge on any atom is 0.262 e. The third-order valence-electron chi connectivity index (χ3n) is 5.87. The lowest BCUT2D eigenvalue weighted by atomic mass is 10.0. The Morgan fingerprint density at radius 1 is 0.886 bits per heavy atom. The summed E-state index contributed by atoms with van der Waals surface area (Å²) in [5.74, 6) is 0.178. The van der Waals surface area contributed by atoms with E-state index >= 15 is 0 Å². The second-order valence-electron chi connectivity index (χ2n) is 8.47. The molecule has 0 atom stereocenters. The topological polar surface area (TPSA) is 84.5 Å². The summed E-state index contributed by atoms with van der Waals surface area (Å²) < 4.78 is 35.0. The van der Waals surface area contributed by atoms with Crippen molar-refractivity contribution in [1.82, 2.24) is 0 Å². The monoisotopic (exact) mass is 558 g/mol. The Hall–Kier alpha value is -2.84. The molecule has 8 heteroatoms. The van der Waals surface area contributed by atoms with Gasteiger partial charge in [0.05, 0.1) is 4.90 Å². The third-order valence-corrected chi connectivity index (χ3v) is 7.70. The summed E-state index contributed by atoms with van der Waals surface area (Å²) in [4.78, 5) is 12.8. The molecule has 2 N–H and O–H groups in total. The number of sulfonamides is 1. The number of benzene rings is 3. The summed E-state index contributed by atoms with van der Waals surface area (Å²) in [7, 11) is -3.76. The highest BCUT2D eigenvalue weighted by molar-refractivity contribution is 9.10. The van der Waals surface area contributed by atoms with Crippen molar-refractivity contribution in [2.24, 2.45) is 0 Å². The maximum absolute atomic E-state index is 12.9. The average molecular weight is 560 g/mol. The minimum atomic E-state index is -3.76. The first-order valence-electron chi connectivity index (χ1n) is 11.5. The molecule has 0 radical (unpaired) electrons. The molecule has 3 aromatic rings. The molecule has 0 saturated carbocycles. The molecule has 1 amide bonds. The molecule has 3 aromatic carbocycles. The Morgan fingerprint density at radius 2 is 1.54 bits per heavy atom. The number of aryl methyl sites for hydroxylation is 5. The van der Waals surface area contributed by atoms with Crippen LogP contribution < -0.4 is 14.8 Å². The zero-order chi connectivity index (χ0) is 25.8. The smallest absolute Gasteiger partial charge is 0.262 e. The molecular formula is C27H31BrN2O4S. The van der Waals surface area contributed by atoms with Crippen LogP contribution in [0.3, 0.4) is 0 Å². The number of amides is 1. The van der Waals surface area contributed by atoms with Gasteiger partial charge in [0.1, 0.15) is 5.75 Å². The van der Waals surface area contributed by atoms with Gasteiger partial charge in [-0.1, -0.05) is 35.8 Å². The molecule has 0 saturated heterocycles. The number of ether oxygens (including phenoxy) is 1. The van der Waals surface area contributed by atoms with Crippen LogP contribution in [0, 0.1) is 20.8 Å². The van der Waals surface area contributed by atoms with Crippen molar-refractivity contribution < 1.29 is 17.9 Å². The molecule has 0 aliphatic heterocycles. The summed E-state index contributed by atoms with van der Waals surface area (Å²) in [5, 5.41) is 2.98. The number of hydrogen-bond acceptors (Lipinski definition) is 4. The van der Waals surface area contributed by atoms with Crippen LogP contribution in [0.1, 0.15) is 41.7 Å². The van der Waals surface area contributed by atoms with Crippen LogP contribution in [0.25, 0.3) is 0 Å². The summed E-state index contributed by atoms with van der Waals surface area (Å²) in [5.41, 5.74) is 6.14. The van der Waals surface area contributed by atoms with Crippen molar-refractivity contribution >= 4 is 43.2 Å².